The minimum Gasteiger partial charge on any atom is -0.478 e. The molecular weight excluding hydrogens is 280 g/mol. The van der Waals surface area contributed by atoms with E-state index in [1.54, 1.807) is 0 Å². The highest BCUT2D eigenvalue weighted by atomic mass is 16.6. The number of nitro benzene ring substituents is 1. The van der Waals surface area contributed by atoms with Crippen LogP contribution in [0.4, 0.5) is 11.4 Å². The highest BCUT2D eigenvalue weighted by Crippen LogP contribution is 2.25. The van der Waals surface area contributed by atoms with E-state index in [0.717, 1.165) is 12.5 Å². The van der Waals surface area contributed by atoms with Crippen LogP contribution in [0, 0.1) is 10.1 Å². The molecule has 8 nitrogen and oxygen atoms in total. The Morgan fingerprint density at radius 1 is 1.38 bits per heavy atom. The molecule has 2 N–H and O–H groups in total. The first-order valence-corrected chi connectivity index (χ1v) is 6.35. The Morgan fingerprint density at radius 2 is 2.10 bits per heavy atom. The minimum absolute atomic E-state index is 0.0366. The van der Waals surface area contributed by atoms with Gasteiger partial charge in [-0.1, -0.05) is 6.92 Å². The summed E-state index contributed by atoms with van der Waals surface area (Å²) in [5.41, 5.74) is -0.714. The first kappa shape index (κ1) is 16.6. The van der Waals surface area contributed by atoms with Gasteiger partial charge in [0.15, 0.2) is 0 Å². The second-order valence-electron chi connectivity index (χ2n) is 4.20. The third-order valence-corrected chi connectivity index (χ3v) is 2.54. The van der Waals surface area contributed by atoms with Crippen molar-refractivity contribution in [1.82, 2.24) is 0 Å². The lowest BCUT2D eigenvalue weighted by atomic mass is 10.1. The number of carboxylic acid groups (broad SMARTS) is 1. The molecule has 0 atom stereocenters. The number of ether oxygens (including phenoxy) is 1. The number of carboxylic acids is 1. The topological polar surface area (TPSA) is 119 Å². The number of carbonyl (C=O) groups is 2. The van der Waals surface area contributed by atoms with Crippen LogP contribution in [0.1, 0.15) is 30.1 Å². The zero-order valence-electron chi connectivity index (χ0n) is 11.5. The van der Waals surface area contributed by atoms with Crippen LogP contribution < -0.4 is 5.32 Å². The summed E-state index contributed by atoms with van der Waals surface area (Å²) in [5.74, 6) is -1.71. The molecular formula is C13H16N2O6. The van der Waals surface area contributed by atoms with E-state index >= 15 is 0 Å². The second-order valence-corrected chi connectivity index (χ2v) is 4.20. The van der Waals surface area contributed by atoms with Crippen molar-refractivity contribution in [1.29, 1.82) is 0 Å². The fraction of sp³-hybridized carbons (Fsp3) is 0.385. The molecule has 1 aromatic carbocycles. The van der Waals surface area contributed by atoms with Gasteiger partial charge in [0.05, 0.1) is 23.5 Å². The molecule has 0 aliphatic heterocycles. The van der Waals surface area contributed by atoms with Gasteiger partial charge in [0, 0.05) is 12.7 Å². The first-order chi connectivity index (χ1) is 9.95. The normalized spacial score (nSPS) is 10.1. The van der Waals surface area contributed by atoms with E-state index in [2.05, 4.69) is 5.32 Å². The molecule has 0 bridgehead atoms. The number of nitro groups is 1. The average molecular weight is 296 g/mol. The van der Waals surface area contributed by atoms with Crippen LogP contribution in [-0.2, 0) is 9.53 Å². The Balaban J connectivity index is 2.76. The SMILES string of the molecule is CCCOCCC(=O)Nc1ccc(C(=O)O)cc1[N+](=O)[O-]. The highest BCUT2D eigenvalue weighted by molar-refractivity contribution is 5.95. The summed E-state index contributed by atoms with van der Waals surface area (Å²) in [7, 11) is 0. The number of benzene rings is 1. The molecule has 0 saturated carbocycles. The van der Waals surface area contributed by atoms with Gasteiger partial charge in [-0.3, -0.25) is 14.9 Å². The van der Waals surface area contributed by atoms with Gasteiger partial charge in [-0.15, -0.1) is 0 Å². The van der Waals surface area contributed by atoms with E-state index in [1.807, 2.05) is 6.92 Å². The lowest BCUT2D eigenvalue weighted by Crippen LogP contribution is -2.15. The van der Waals surface area contributed by atoms with Crippen LogP contribution in [0.25, 0.3) is 0 Å². The molecule has 0 unspecified atom stereocenters. The van der Waals surface area contributed by atoms with Crippen molar-refractivity contribution >= 4 is 23.3 Å². The van der Waals surface area contributed by atoms with Crippen LogP contribution in [0.3, 0.4) is 0 Å². The largest absolute Gasteiger partial charge is 0.478 e. The van der Waals surface area contributed by atoms with Gasteiger partial charge in [-0.2, -0.15) is 0 Å². The predicted molar refractivity (Wildman–Crippen MR) is 74.4 cm³/mol. The maximum Gasteiger partial charge on any atom is 0.335 e. The quantitative estimate of drug-likeness (QED) is 0.430. The van der Waals surface area contributed by atoms with Gasteiger partial charge >= 0.3 is 5.97 Å². The molecule has 0 radical (unpaired) electrons. The van der Waals surface area contributed by atoms with Gasteiger partial charge in [-0.05, 0) is 18.6 Å². The smallest absolute Gasteiger partial charge is 0.335 e. The summed E-state index contributed by atoms with van der Waals surface area (Å²) in [6, 6.07) is 3.30. The molecule has 0 saturated heterocycles. The van der Waals surface area contributed by atoms with E-state index in [0.29, 0.717) is 6.61 Å². The van der Waals surface area contributed by atoms with Crippen molar-refractivity contribution in [3.05, 3.63) is 33.9 Å². The van der Waals surface area contributed by atoms with E-state index in [4.69, 9.17) is 9.84 Å². The Kier molecular flexibility index (Phi) is 6.28. The van der Waals surface area contributed by atoms with Crippen molar-refractivity contribution in [2.75, 3.05) is 18.5 Å². The summed E-state index contributed by atoms with van der Waals surface area (Å²) >= 11 is 0. The van der Waals surface area contributed by atoms with Crippen molar-refractivity contribution in [2.45, 2.75) is 19.8 Å². The monoisotopic (exact) mass is 296 g/mol. The molecule has 0 fully saturated rings. The van der Waals surface area contributed by atoms with Crippen LogP contribution >= 0.6 is 0 Å². The van der Waals surface area contributed by atoms with E-state index in [9.17, 15) is 19.7 Å². The summed E-state index contributed by atoms with van der Waals surface area (Å²) in [4.78, 5) is 32.6. The zero-order valence-corrected chi connectivity index (χ0v) is 11.5. The lowest BCUT2D eigenvalue weighted by Gasteiger charge is -2.07. The van der Waals surface area contributed by atoms with Gasteiger partial charge in [0.2, 0.25) is 5.91 Å². The van der Waals surface area contributed by atoms with Gasteiger partial charge in [0.25, 0.3) is 5.69 Å². The summed E-state index contributed by atoms with van der Waals surface area (Å²) < 4.78 is 5.15. The fourth-order valence-electron chi connectivity index (χ4n) is 1.55. The molecule has 114 valence electrons. The Hall–Kier alpha value is -2.48. The highest BCUT2D eigenvalue weighted by Gasteiger charge is 2.18. The summed E-state index contributed by atoms with van der Waals surface area (Å²) in [6.07, 6.45) is 0.904. The van der Waals surface area contributed by atoms with Gasteiger partial charge < -0.3 is 15.2 Å². The molecule has 21 heavy (non-hydrogen) atoms. The maximum atomic E-state index is 11.6. The Labute approximate surface area is 120 Å². The minimum atomic E-state index is -1.27. The zero-order chi connectivity index (χ0) is 15.8. The number of anilines is 1. The Morgan fingerprint density at radius 3 is 2.67 bits per heavy atom. The van der Waals surface area contributed by atoms with E-state index in [-0.39, 0.29) is 24.3 Å². The van der Waals surface area contributed by atoms with Crippen LogP contribution in [0.2, 0.25) is 0 Å². The molecule has 0 aliphatic rings. The molecule has 1 rings (SSSR count). The standard InChI is InChI=1S/C13H16N2O6/c1-2-6-21-7-5-12(16)14-10-4-3-9(13(17)18)8-11(10)15(19)20/h3-4,8H,2,5-7H2,1H3,(H,14,16)(H,17,18). The number of amides is 1. The van der Waals surface area contributed by atoms with Gasteiger partial charge in [0.1, 0.15) is 5.69 Å². The lowest BCUT2D eigenvalue weighted by molar-refractivity contribution is -0.384. The number of carbonyl (C=O) groups excluding carboxylic acids is 1. The summed E-state index contributed by atoms with van der Waals surface area (Å²) in [6.45, 7) is 2.70. The molecule has 1 aromatic rings. The number of nitrogens with zero attached hydrogens (tertiary/aromatic N) is 1. The molecule has 1 amide bonds. The van der Waals surface area contributed by atoms with Crippen molar-refractivity contribution in [3.8, 4) is 0 Å². The fourth-order valence-corrected chi connectivity index (χ4v) is 1.55. The second kappa shape index (κ2) is 7.95. The van der Waals surface area contributed by atoms with E-state index < -0.39 is 22.5 Å². The number of rotatable bonds is 8. The van der Waals surface area contributed by atoms with Crippen LogP contribution in [0.15, 0.2) is 18.2 Å². The first-order valence-electron chi connectivity index (χ1n) is 6.35. The molecule has 0 spiro atoms. The number of hydrogen-bond acceptors (Lipinski definition) is 5. The van der Waals surface area contributed by atoms with Crippen molar-refractivity contribution in [3.63, 3.8) is 0 Å². The van der Waals surface area contributed by atoms with Crippen LogP contribution in [-0.4, -0.2) is 35.1 Å². The Bertz CT molecular complexity index is 543. The number of nitrogens with one attached hydrogen (secondary N) is 1. The van der Waals surface area contributed by atoms with Crippen molar-refractivity contribution in [2.24, 2.45) is 0 Å². The molecule has 0 aliphatic carbocycles. The third kappa shape index (κ3) is 5.19. The average Bonchev–Trinajstić information content (AvgIpc) is 2.43. The number of aromatic carboxylic acids is 1. The van der Waals surface area contributed by atoms with Gasteiger partial charge in [-0.25, -0.2) is 4.79 Å². The number of hydrogen-bond donors (Lipinski definition) is 2. The van der Waals surface area contributed by atoms with E-state index in [1.165, 1.54) is 12.1 Å². The third-order valence-electron chi connectivity index (χ3n) is 2.54. The van der Waals surface area contributed by atoms with Crippen molar-refractivity contribution < 1.29 is 24.4 Å². The summed E-state index contributed by atoms with van der Waals surface area (Å²) in [5, 5.41) is 22.1. The maximum absolute atomic E-state index is 11.6. The predicted octanol–water partition coefficient (Wildman–Crippen LogP) is 2.05. The molecule has 0 aromatic heterocycles. The van der Waals surface area contributed by atoms with Crippen LogP contribution in [0.5, 0.6) is 0 Å². The molecule has 0 heterocycles. The molecule has 8 heteroatoms.